The molecule has 0 radical (unpaired) electrons. The standard InChI is InChI=1S/C10H19N5O2S/c1-4-8-9(5-2)13-14-10(12-8)15-18(16,17)7-6-11-3/h11H,4-7H2,1-3H3,(H,12,14,15). The summed E-state index contributed by atoms with van der Waals surface area (Å²) in [6, 6.07) is 0. The summed E-state index contributed by atoms with van der Waals surface area (Å²) < 4.78 is 25.6. The van der Waals surface area contributed by atoms with Crippen LogP contribution in [-0.2, 0) is 22.9 Å². The number of rotatable bonds is 7. The van der Waals surface area contributed by atoms with Crippen LogP contribution in [0.2, 0.25) is 0 Å². The van der Waals surface area contributed by atoms with Gasteiger partial charge in [-0.2, -0.15) is 0 Å². The van der Waals surface area contributed by atoms with Crippen LogP contribution in [0.3, 0.4) is 0 Å². The maximum atomic E-state index is 11.7. The molecule has 0 aliphatic heterocycles. The van der Waals surface area contributed by atoms with E-state index < -0.39 is 10.0 Å². The fourth-order valence-electron chi connectivity index (χ4n) is 1.41. The van der Waals surface area contributed by atoms with Gasteiger partial charge in [-0.15, -0.1) is 10.2 Å². The van der Waals surface area contributed by atoms with E-state index in [-0.39, 0.29) is 11.7 Å². The predicted octanol–water partition coefficient (Wildman–Crippen LogP) is -0.0425. The number of hydrogen-bond donors (Lipinski definition) is 2. The molecule has 2 N–H and O–H groups in total. The van der Waals surface area contributed by atoms with Crippen molar-refractivity contribution in [3.8, 4) is 0 Å². The Labute approximate surface area is 107 Å². The van der Waals surface area contributed by atoms with Gasteiger partial charge >= 0.3 is 0 Å². The number of aromatic nitrogens is 3. The van der Waals surface area contributed by atoms with E-state index in [1.54, 1.807) is 7.05 Å². The normalized spacial score (nSPS) is 11.5. The number of nitrogens with zero attached hydrogens (tertiary/aromatic N) is 3. The van der Waals surface area contributed by atoms with Crippen molar-refractivity contribution in [3.05, 3.63) is 11.4 Å². The molecule has 102 valence electrons. The monoisotopic (exact) mass is 273 g/mol. The zero-order valence-corrected chi connectivity index (χ0v) is 11.7. The number of aryl methyl sites for hydroxylation is 2. The van der Waals surface area contributed by atoms with Gasteiger partial charge in [-0.1, -0.05) is 13.8 Å². The van der Waals surface area contributed by atoms with Crippen LogP contribution in [0.1, 0.15) is 25.2 Å². The van der Waals surface area contributed by atoms with E-state index in [1.807, 2.05) is 13.8 Å². The molecule has 1 aromatic heterocycles. The first kappa shape index (κ1) is 14.8. The number of hydrogen-bond acceptors (Lipinski definition) is 6. The van der Waals surface area contributed by atoms with Crippen molar-refractivity contribution in [2.45, 2.75) is 26.7 Å². The Balaban J connectivity index is 2.85. The van der Waals surface area contributed by atoms with E-state index in [4.69, 9.17) is 0 Å². The molecule has 0 aliphatic rings. The summed E-state index contributed by atoms with van der Waals surface area (Å²) in [5, 5.41) is 10.5. The summed E-state index contributed by atoms with van der Waals surface area (Å²) in [4.78, 5) is 4.17. The van der Waals surface area contributed by atoms with Crippen LogP contribution >= 0.6 is 0 Å². The van der Waals surface area contributed by atoms with Crippen LogP contribution < -0.4 is 10.0 Å². The van der Waals surface area contributed by atoms with Gasteiger partial charge < -0.3 is 5.32 Å². The molecule has 8 heteroatoms. The zero-order valence-electron chi connectivity index (χ0n) is 10.9. The number of nitrogens with one attached hydrogen (secondary N) is 2. The minimum Gasteiger partial charge on any atom is -0.319 e. The molecule has 0 aliphatic carbocycles. The molecule has 0 saturated heterocycles. The molecule has 0 amide bonds. The van der Waals surface area contributed by atoms with Crippen molar-refractivity contribution in [3.63, 3.8) is 0 Å². The van der Waals surface area contributed by atoms with Gasteiger partial charge in [-0.05, 0) is 19.9 Å². The third-order valence-corrected chi connectivity index (χ3v) is 3.61. The summed E-state index contributed by atoms with van der Waals surface area (Å²) in [5.41, 5.74) is 1.58. The lowest BCUT2D eigenvalue weighted by atomic mass is 10.2. The highest BCUT2D eigenvalue weighted by atomic mass is 32.2. The van der Waals surface area contributed by atoms with Gasteiger partial charge in [0.1, 0.15) is 0 Å². The van der Waals surface area contributed by atoms with E-state index >= 15 is 0 Å². The highest BCUT2D eigenvalue weighted by Crippen LogP contribution is 2.07. The van der Waals surface area contributed by atoms with E-state index in [9.17, 15) is 8.42 Å². The average molecular weight is 273 g/mol. The maximum absolute atomic E-state index is 11.7. The maximum Gasteiger partial charge on any atom is 0.256 e. The molecule has 0 fully saturated rings. The first-order valence-electron chi connectivity index (χ1n) is 5.90. The van der Waals surface area contributed by atoms with Gasteiger partial charge in [0.2, 0.25) is 10.0 Å². The van der Waals surface area contributed by atoms with Crippen molar-refractivity contribution in [2.75, 3.05) is 24.1 Å². The highest BCUT2D eigenvalue weighted by molar-refractivity contribution is 7.92. The van der Waals surface area contributed by atoms with Gasteiger partial charge in [0.05, 0.1) is 17.1 Å². The molecule has 18 heavy (non-hydrogen) atoms. The summed E-state index contributed by atoms with van der Waals surface area (Å²) in [7, 11) is -1.73. The summed E-state index contributed by atoms with van der Waals surface area (Å²) in [6.07, 6.45) is 1.43. The van der Waals surface area contributed by atoms with E-state index in [2.05, 4.69) is 25.2 Å². The topological polar surface area (TPSA) is 96.9 Å². The van der Waals surface area contributed by atoms with Gasteiger partial charge in [0, 0.05) is 6.54 Å². The van der Waals surface area contributed by atoms with E-state index in [0.717, 1.165) is 17.8 Å². The Bertz CT molecular complexity index is 489. The van der Waals surface area contributed by atoms with Crippen molar-refractivity contribution in [1.82, 2.24) is 20.5 Å². The smallest absolute Gasteiger partial charge is 0.256 e. The second kappa shape index (κ2) is 6.60. The lowest BCUT2D eigenvalue weighted by Crippen LogP contribution is -2.25. The SMILES string of the molecule is CCc1nnc(NS(=O)(=O)CCNC)nc1CC. The molecule has 1 heterocycles. The van der Waals surface area contributed by atoms with Gasteiger partial charge in [-0.25, -0.2) is 18.1 Å². The molecule has 1 rings (SSSR count). The fraction of sp³-hybridized carbons (Fsp3) is 0.700. The predicted molar refractivity (Wildman–Crippen MR) is 69.9 cm³/mol. The lowest BCUT2D eigenvalue weighted by molar-refractivity contribution is 0.598. The molecular weight excluding hydrogens is 254 g/mol. The molecule has 0 spiro atoms. The largest absolute Gasteiger partial charge is 0.319 e. The molecule has 0 atom stereocenters. The van der Waals surface area contributed by atoms with E-state index in [1.165, 1.54) is 0 Å². The van der Waals surface area contributed by atoms with Crippen molar-refractivity contribution >= 4 is 16.0 Å². The number of sulfonamides is 1. The second-order valence-corrected chi connectivity index (χ2v) is 5.60. The Morgan fingerprint density at radius 3 is 2.33 bits per heavy atom. The highest BCUT2D eigenvalue weighted by Gasteiger charge is 2.13. The zero-order chi connectivity index (χ0) is 13.6. The summed E-state index contributed by atoms with van der Waals surface area (Å²) in [6.45, 7) is 4.28. The second-order valence-electron chi connectivity index (χ2n) is 3.76. The van der Waals surface area contributed by atoms with Gasteiger partial charge in [0.25, 0.3) is 5.95 Å². The van der Waals surface area contributed by atoms with Gasteiger partial charge in [-0.3, -0.25) is 0 Å². The minimum absolute atomic E-state index is 0.0240. The number of anilines is 1. The molecule has 0 saturated carbocycles. The lowest BCUT2D eigenvalue weighted by Gasteiger charge is -2.08. The quantitative estimate of drug-likeness (QED) is 0.723. The Morgan fingerprint density at radius 2 is 1.78 bits per heavy atom. The molecular formula is C10H19N5O2S. The molecule has 7 nitrogen and oxygen atoms in total. The first-order valence-corrected chi connectivity index (χ1v) is 7.55. The van der Waals surface area contributed by atoms with Gasteiger partial charge in [0.15, 0.2) is 0 Å². The first-order chi connectivity index (χ1) is 8.52. The average Bonchev–Trinajstić information content (AvgIpc) is 2.35. The Hall–Kier alpha value is -1.28. The third kappa shape index (κ3) is 4.19. The van der Waals surface area contributed by atoms with Crippen LogP contribution in [0.5, 0.6) is 0 Å². The summed E-state index contributed by atoms with van der Waals surface area (Å²) in [5.74, 6) is 0.0178. The van der Waals surface area contributed by atoms with E-state index in [0.29, 0.717) is 13.0 Å². The molecule has 0 unspecified atom stereocenters. The Kier molecular flexibility index (Phi) is 5.42. The van der Waals surface area contributed by atoms with Crippen LogP contribution in [0.15, 0.2) is 0 Å². The Morgan fingerprint density at radius 1 is 1.11 bits per heavy atom. The van der Waals surface area contributed by atoms with Crippen molar-refractivity contribution in [1.29, 1.82) is 0 Å². The minimum atomic E-state index is -3.42. The van der Waals surface area contributed by atoms with Crippen LogP contribution in [-0.4, -0.2) is 42.9 Å². The molecule has 0 aromatic carbocycles. The fourth-order valence-corrected chi connectivity index (χ4v) is 2.35. The van der Waals surface area contributed by atoms with Crippen LogP contribution in [0, 0.1) is 0 Å². The molecule has 0 bridgehead atoms. The summed E-state index contributed by atoms with van der Waals surface area (Å²) >= 11 is 0. The van der Waals surface area contributed by atoms with Crippen molar-refractivity contribution < 1.29 is 8.42 Å². The third-order valence-electron chi connectivity index (χ3n) is 2.38. The van der Waals surface area contributed by atoms with Crippen LogP contribution in [0.4, 0.5) is 5.95 Å². The molecule has 1 aromatic rings. The van der Waals surface area contributed by atoms with Crippen molar-refractivity contribution in [2.24, 2.45) is 0 Å². The van der Waals surface area contributed by atoms with Crippen LogP contribution in [0.25, 0.3) is 0 Å².